The van der Waals surface area contributed by atoms with Crippen molar-refractivity contribution in [1.82, 2.24) is 5.32 Å². The minimum atomic E-state index is -0.321. The lowest BCUT2D eigenvalue weighted by molar-refractivity contribution is -0.102. The highest BCUT2D eigenvalue weighted by Gasteiger charge is 2.47. The lowest BCUT2D eigenvalue weighted by Gasteiger charge is -2.51. The van der Waals surface area contributed by atoms with Crippen LogP contribution < -0.4 is 5.32 Å². The molecule has 0 radical (unpaired) electrons. The molecule has 1 rings (SSSR count). The minimum Gasteiger partial charge on any atom is -0.378 e. The smallest absolute Gasteiger partial charge is 0.111 e. The predicted molar refractivity (Wildman–Crippen MR) is 64.7 cm³/mol. The van der Waals surface area contributed by atoms with Gasteiger partial charge in [-0.25, -0.2) is 0 Å². The summed E-state index contributed by atoms with van der Waals surface area (Å²) in [6.07, 6.45) is 5.60. The first-order valence-electron chi connectivity index (χ1n) is 6.35. The summed E-state index contributed by atoms with van der Waals surface area (Å²) in [5.74, 6) is 0. The van der Waals surface area contributed by atoms with Crippen LogP contribution in [0.3, 0.4) is 0 Å². The maximum atomic E-state index is 10.3. The number of unbranched alkanes of at least 4 members (excludes halogenated alkanes) is 1. The van der Waals surface area contributed by atoms with E-state index in [4.69, 9.17) is 0 Å². The van der Waals surface area contributed by atoms with Crippen LogP contribution >= 0.6 is 0 Å². The van der Waals surface area contributed by atoms with Crippen molar-refractivity contribution in [3.8, 4) is 0 Å². The van der Waals surface area contributed by atoms with Crippen LogP contribution in [0.4, 0.5) is 0 Å². The highest BCUT2D eigenvalue weighted by molar-refractivity contribution is 4.96. The molecule has 90 valence electrons. The van der Waals surface area contributed by atoms with Gasteiger partial charge in [0.15, 0.2) is 0 Å². The van der Waals surface area contributed by atoms with Crippen molar-refractivity contribution in [3.05, 3.63) is 0 Å². The quantitative estimate of drug-likeness (QED) is 0.755. The van der Waals surface area contributed by atoms with Gasteiger partial charge in [-0.1, -0.05) is 40.5 Å². The second kappa shape index (κ2) is 4.84. The van der Waals surface area contributed by atoms with Crippen LogP contribution in [0.5, 0.6) is 0 Å². The maximum absolute atomic E-state index is 10.3. The Morgan fingerprint density at radius 3 is 2.53 bits per heavy atom. The van der Waals surface area contributed by atoms with Gasteiger partial charge < -0.3 is 5.11 Å². The van der Waals surface area contributed by atoms with Crippen molar-refractivity contribution < 1.29 is 5.11 Å². The minimum absolute atomic E-state index is 0.0707. The molecule has 1 aliphatic heterocycles. The van der Waals surface area contributed by atoms with Gasteiger partial charge in [0, 0.05) is 5.41 Å². The van der Waals surface area contributed by atoms with E-state index in [1.54, 1.807) is 0 Å². The molecule has 2 unspecified atom stereocenters. The summed E-state index contributed by atoms with van der Waals surface area (Å²) < 4.78 is 0. The standard InChI is InChI=1S/C13H27NO/c1-5-6-8-13(12(2,3)4)9-7-10-14-11(13)15/h11,14-15H,5-10H2,1-4H3. The van der Waals surface area contributed by atoms with E-state index in [0.717, 1.165) is 19.4 Å². The Balaban J connectivity index is 2.83. The number of rotatable bonds is 3. The van der Waals surface area contributed by atoms with Crippen LogP contribution in [0.15, 0.2) is 0 Å². The fourth-order valence-corrected chi connectivity index (χ4v) is 2.89. The zero-order valence-electron chi connectivity index (χ0n) is 10.8. The fourth-order valence-electron chi connectivity index (χ4n) is 2.89. The van der Waals surface area contributed by atoms with E-state index < -0.39 is 0 Å². The molecule has 2 atom stereocenters. The first-order chi connectivity index (χ1) is 6.94. The first kappa shape index (κ1) is 13.0. The second-order valence-electron chi connectivity index (χ2n) is 5.97. The molecule has 0 aromatic carbocycles. The van der Waals surface area contributed by atoms with Crippen molar-refractivity contribution in [2.75, 3.05) is 6.54 Å². The van der Waals surface area contributed by atoms with Crippen LogP contribution in [0.2, 0.25) is 0 Å². The van der Waals surface area contributed by atoms with E-state index in [1.807, 2.05) is 0 Å². The fraction of sp³-hybridized carbons (Fsp3) is 1.00. The van der Waals surface area contributed by atoms with E-state index in [1.165, 1.54) is 19.3 Å². The summed E-state index contributed by atoms with van der Waals surface area (Å²) in [5.41, 5.74) is 0.246. The van der Waals surface area contributed by atoms with Crippen LogP contribution in [0.25, 0.3) is 0 Å². The SMILES string of the molecule is CCCCC1(C(C)(C)C)CCCNC1O. The van der Waals surface area contributed by atoms with E-state index in [2.05, 4.69) is 33.0 Å². The summed E-state index contributed by atoms with van der Waals surface area (Å²) in [5, 5.41) is 13.5. The molecular formula is C13H27NO. The van der Waals surface area contributed by atoms with E-state index in [9.17, 15) is 5.11 Å². The number of aliphatic hydroxyl groups is 1. The van der Waals surface area contributed by atoms with Crippen molar-refractivity contribution in [2.45, 2.75) is 66.0 Å². The topological polar surface area (TPSA) is 32.3 Å². The van der Waals surface area contributed by atoms with Gasteiger partial charge in [-0.3, -0.25) is 5.32 Å². The van der Waals surface area contributed by atoms with Gasteiger partial charge >= 0.3 is 0 Å². The summed E-state index contributed by atoms with van der Waals surface area (Å²) >= 11 is 0. The third kappa shape index (κ3) is 2.54. The normalized spacial score (nSPS) is 33.0. The molecule has 2 heteroatoms. The highest BCUT2D eigenvalue weighted by Crippen LogP contribution is 2.49. The monoisotopic (exact) mass is 213 g/mol. The Bertz CT molecular complexity index is 197. The molecule has 2 nitrogen and oxygen atoms in total. The second-order valence-corrected chi connectivity index (χ2v) is 5.97. The molecule has 2 N–H and O–H groups in total. The lowest BCUT2D eigenvalue weighted by Crippen LogP contribution is -2.56. The van der Waals surface area contributed by atoms with Gasteiger partial charge in [0.25, 0.3) is 0 Å². The summed E-state index contributed by atoms with van der Waals surface area (Å²) in [6.45, 7) is 9.97. The molecular weight excluding hydrogens is 186 g/mol. The lowest BCUT2D eigenvalue weighted by atomic mass is 9.59. The van der Waals surface area contributed by atoms with Crippen LogP contribution in [0, 0.1) is 10.8 Å². The molecule has 0 aromatic rings. The van der Waals surface area contributed by atoms with Crippen molar-refractivity contribution >= 4 is 0 Å². The number of aliphatic hydroxyl groups excluding tert-OH is 1. The van der Waals surface area contributed by atoms with E-state index in [-0.39, 0.29) is 17.1 Å². The van der Waals surface area contributed by atoms with Gasteiger partial charge in [-0.15, -0.1) is 0 Å². The Hall–Kier alpha value is -0.0800. The summed E-state index contributed by atoms with van der Waals surface area (Å²) in [4.78, 5) is 0. The van der Waals surface area contributed by atoms with Crippen LogP contribution in [-0.4, -0.2) is 17.9 Å². The maximum Gasteiger partial charge on any atom is 0.111 e. The van der Waals surface area contributed by atoms with Gasteiger partial charge in [-0.2, -0.15) is 0 Å². The Morgan fingerprint density at radius 1 is 1.40 bits per heavy atom. The average molecular weight is 213 g/mol. The molecule has 0 spiro atoms. The Morgan fingerprint density at radius 2 is 2.07 bits per heavy atom. The molecule has 0 aromatic heterocycles. The van der Waals surface area contributed by atoms with Crippen molar-refractivity contribution in [1.29, 1.82) is 0 Å². The third-order valence-corrected chi connectivity index (χ3v) is 4.13. The van der Waals surface area contributed by atoms with E-state index >= 15 is 0 Å². The number of hydrogen-bond donors (Lipinski definition) is 2. The third-order valence-electron chi connectivity index (χ3n) is 4.13. The van der Waals surface area contributed by atoms with Crippen molar-refractivity contribution in [3.63, 3.8) is 0 Å². The molecule has 0 amide bonds. The number of hydrogen-bond acceptors (Lipinski definition) is 2. The molecule has 0 aliphatic carbocycles. The van der Waals surface area contributed by atoms with E-state index in [0.29, 0.717) is 0 Å². The molecule has 15 heavy (non-hydrogen) atoms. The van der Waals surface area contributed by atoms with Gasteiger partial charge in [0.2, 0.25) is 0 Å². The van der Waals surface area contributed by atoms with Gasteiger partial charge in [0.05, 0.1) is 0 Å². The molecule has 1 aliphatic rings. The van der Waals surface area contributed by atoms with Gasteiger partial charge in [0.1, 0.15) is 6.23 Å². The average Bonchev–Trinajstić information content (AvgIpc) is 2.15. The Kier molecular flexibility index (Phi) is 4.19. The molecule has 1 saturated heterocycles. The molecule has 0 bridgehead atoms. The highest BCUT2D eigenvalue weighted by atomic mass is 16.3. The molecule has 1 fully saturated rings. The van der Waals surface area contributed by atoms with Crippen molar-refractivity contribution in [2.24, 2.45) is 10.8 Å². The zero-order valence-corrected chi connectivity index (χ0v) is 10.8. The Labute approximate surface area is 94.5 Å². The predicted octanol–water partition coefficient (Wildman–Crippen LogP) is 2.91. The summed E-state index contributed by atoms with van der Waals surface area (Å²) in [7, 11) is 0. The summed E-state index contributed by atoms with van der Waals surface area (Å²) in [6, 6.07) is 0. The zero-order chi connectivity index (χ0) is 11.5. The number of piperidine rings is 1. The van der Waals surface area contributed by atoms with Crippen LogP contribution in [-0.2, 0) is 0 Å². The molecule has 0 saturated carbocycles. The number of nitrogens with one attached hydrogen (secondary N) is 1. The molecule has 1 heterocycles. The van der Waals surface area contributed by atoms with Crippen LogP contribution in [0.1, 0.15) is 59.8 Å². The first-order valence-corrected chi connectivity index (χ1v) is 6.35. The largest absolute Gasteiger partial charge is 0.378 e. The van der Waals surface area contributed by atoms with Gasteiger partial charge in [-0.05, 0) is 31.2 Å².